The molecule has 1 aliphatic heterocycles. The van der Waals surface area contributed by atoms with Gasteiger partial charge in [0, 0.05) is 17.9 Å². The van der Waals surface area contributed by atoms with Crippen LogP contribution in [-0.2, 0) is 9.53 Å². The van der Waals surface area contributed by atoms with Gasteiger partial charge in [-0.05, 0) is 42.5 Å². The highest BCUT2D eigenvalue weighted by Gasteiger charge is 2.23. The first-order valence-electron chi connectivity index (χ1n) is 6.89. The Morgan fingerprint density at radius 2 is 2.24 bits per heavy atom. The van der Waals surface area contributed by atoms with Crippen molar-refractivity contribution in [3.8, 4) is 11.8 Å². The molecule has 1 aliphatic rings. The molecular formula is C17H15NO2S. The lowest BCUT2D eigenvalue weighted by Crippen LogP contribution is -2.26. The number of ether oxygens (including phenoxy) is 1. The van der Waals surface area contributed by atoms with E-state index in [-0.39, 0.29) is 12.0 Å². The third-order valence-electron chi connectivity index (χ3n) is 3.20. The largest absolute Gasteiger partial charge is 0.368 e. The van der Waals surface area contributed by atoms with E-state index in [0.717, 1.165) is 29.0 Å². The fraction of sp³-hybridized carbons (Fsp3) is 0.235. The zero-order valence-electron chi connectivity index (χ0n) is 11.5. The van der Waals surface area contributed by atoms with Crippen LogP contribution in [0, 0.1) is 11.8 Å². The van der Waals surface area contributed by atoms with Crippen LogP contribution in [0.2, 0.25) is 0 Å². The summed E-state index contributed by atoms with van der Waals surface area (Å²) in [5.41, 5.74) is 1.64. The summed E-state index contributed by atoms with van der Waals surface area (Å²) in [6.07, 6.45) is 1.43. The average molecular weight is 297 g/mol. The lowest BCUT2D eigenvalue weighted by atomic mass is 10.2. The fourth-order valence-electron chi connectivity index (χ4n) is 2.17. The molecular weight excluding hydrogens is 282 g/mol. The summed E-state index contributed by atoms with van der Waals surface area (Å²) in [5.74, 6) is 6.14. The van der Waals surface area contributed by atoms with Gasteiger partial charge in [0.15, 0.2) is 0 Å². The van der Waals surface area contributed by atoms with Gasteiger partial charge in [-0.15, -0.1) is 11.3 Å². The molecule has 3 rings (SSSR count). The van der Waals surface area contributed by atoms with Gasteiger partial charge in [0.05, 0.1) is 4.88 Å². The van der Waals surface area contributed by atoms with E-state index in [1.807, 2.05) is 41.8 Å². The molecule has 2 heterocycles. The quantitative estimate of drug-likeness (QED) is 0.864. The smallest absolute Gasteiger partial charge is 0.253 e. The second-order valence-electron chi connectivity index (χ2n) is 4.80. The van der Waals surface area contributed by atoms with E-state index in [1.54, 1.807) is 11.3 Å². The van der Waals surface area contributed by atoms with Crippen LogP contribution in [0.15, 0.2) is 41.8 Å². The predicted octanol–water partition coefficient (Wildman–Crippen LogP) is 3.27. The lowest BCUT2D eigenvalue weighted by Gasteiger charge is -2.10. The van der Waals surface area contributed by atoms with Crippen LogP contribution in [0.25, 0.3) is 0 Å². The molecule has 1 fully saturated rings. The number of anilines is 1. The first-order chi connectivity index (χ1) is 10.3. The Morgan fingerprint density at radius 3 is 3.00 bits per heavy atom. The first kappa shape index (κ1) is 13.9. The zero-order chi connectivity index (χ0) is 14.5. The number of carbonyl (C=O) groups excluding carboxylic acids is 1. The summed E-state index contributed by atoms with van der Waals surface area (Å²) < 4.78 is 5.38. The molecule has 1 atom stereocenters. The summed E-state index contributed by atoms with van der Waals surface area (Å²) in [7, 11) is 0. The molecule has 0 saturated carbocycles. The van der Waals surface area contributed by atoms with Gasteiger partial charge in [0.1, 0.15) is 6.10 Å². The number of hydrogen-bond donors (Lipinski definition) is 1. The molecule has 3 nitrogen and oxygen atoms in total. The van der Waals surface area contributed by atoms with Crippen molar-refractivity contribution >= 4 is 22.9 Å². The summed E-state index contributed by atoms with van der Waals surface area (Å²) >= 11 is 1.61. The van der Waals surface area contributed by atoms with Crippen LogP contribution in [0.5, 0.6) is 0 Å². The maximum Gasteiger partial charge on any atom is 0.253 e. The van der Waals surface area contributed by atoms with Gasteiger partial charge in [0.25, 0.3) is 5.91 Å². The second-order valence-corrected chi connectivity index (χ2v) is 5.75. The van der Waals surface area contributed by atoms with Crippen LogP contribution < -0.4 is 5.32 Å². The molecule has 0 aliphatic carbocycles. The maximum atomic E-state index is 12.0. The van der Waals surface area contributed by atoms with Crippen molar-refractivity contribution in [2.24, 2.45) is 0 Å². The molecule has 4 heteroatoms. The molecule has 106 valence electrons. The Labute approximate surface area is 128 Å². The second kappa shape index (κ2) is 6.57. The van der Waals surface area contributed by atoms with E-state index < -0.39 is 0 Å². The number of rotatable bonds is 2. The van der Waals surface area contributed by atoms with Gasteiger partial charge in [-0.1, -0.05) is 24.0 Å². The zero-order valence-corrected chi connectivity index (χ0v) is 12.3. The van der Waals surface area contributed by atoms with Crippen molar-refractivity contribution in [2.45, 2.75) is 18.9 Å². The summed E-state index contributed by atoms with van der Waals surface area (Å²) in [6.45, 7) is 0.671. The number of hydrogen-bond acceptors (Lipinski definition) is 3. The minimum atomic E-state index is -0.314. The highest BCUT2D eigenvalue weighted by Crippen LogP contribution is 2.16. The Hall–Kier alpha value is -2.09. The molecule has 0 bridgehead atoms. The third-order valence-corrected chi connectivity index (χ3v) is 3.99. The van der Waals surface area contributed by atoms with Crippen LogP contribution in [0.3, 0.4) is 0 Å². The van der Waals surface area contributed by atoms with E-state index in [9.17, 15) is 4.79 Å². The molecule has 1 aromatic carbocycles. The molecule has 21 heavy (non-hydrogen) atoms. The molecule has 0 unspecified atom stereocenters. The Bertz CT molecular complexity index is 676. The van der Waals surface area contributed by atoms with E-state index >= 15 is 0 Å². The fourth-order valence-corrected chi connectivity index (χ4v) is 2.74. The van der Waals surface area contributed by atoms with Crippen LogP contribution >= 0.6 is 11.3 Å². The minimum absolute atomic E-state index is 0.0733. The highest BCUT2D eigenvalue weighted by molar-refractivity contribution is 7.10. The molecule has 1 N–H and O–H groups in total. The Kier molecular flexibility index (Phi) is 4.34. The van der Waals surface area contributed by atoms with Crippen molar-refractivity contribution in [1.82, 2.24) is 0 Å². The molecule has 1 aromatic heterocycles. The number of thiophene rings is 1. The van der Waals surface area contributed by atoms with Gasteiger partial charge in [-0.3, -0.25) is 4.79 Å². The maximum absolute atomic E-state index is 12.0. The Balaban J connectivity index is 1.69. The number of carbonyl (C=O) groups is 1. The van der Waals surface area contributed by atoms with Crippen molar-refractivity contribution in [1.29, 1.82) is 0 Å². The molecule has 1 saturated heterocycles. The van der Waals surface area contributed by atoms with Gasteiger partial charge >= 0.3 is 0 Å². The summed E-state index contributed by atoms with van der Waals surface area (Å²) in [5, 5.41) is 4.89. The topological polar surface area (TPSA) is 38.3 Å². The van der Waals surface area contributed by atoms with E-state index in [4.69, 9.17) is 4.74 Å². The molecule has 1 amide bonds. The van der Waals surface area contributed by atoms with E-state index in [1.165, 1.54) is 0 Å². The molecule has 0 spiro atoms. The number of amides is 1. The highest BCUT2D eigenvalue weighted by atomic mass is 32.1. The van der Waals surface area contributed by atoms with Crippen molar-refractivity contribution < 1.29 is 9.53 Å². The number of nitrogens with one attached hydrogen (secondary N) is 1. The van der Waals surface area contributed by atoms with Crippen molar-refractivity contribution in [3.05, 3.63) is 52.2 Å². The molecule has 0 radical (unpaired) electrons. The predicted molar refractivity (Wildman–Crippen MR) is 84.3 cm³/mol. The van der Waals surface area contributed by atoms with Crippen LogP contribution in [0.4, 0.5) is 5.69 Å². The van der Waals surface area contributed by atoms with E-state index in [0.29, 0.717) is 6.61 Å². The third kappa shape index (κ3) is 3.72. The van der Waals surface area contributed by atoms with Gasteiger partial charge in [0.2, 0.25) is 0 Å². The SMILES string of the molecule is O=C(Nc1cccc(C#Cc2cccs2)c1)[C@@H]1CCCO1. The van der Waals surface area contributed by atoms with Crippen molar-refractivity contribution in [3.63, 3.8) is 0 Å². The lowest BCUT2D eigenvalue weighted by molar-refractivity contribution is -0.124. The van der Waals surface area contributed by atoms with Crippen LogP contribution in [0.1, 0.15) is 23.3 Å². The Morgan fingerprint density at radius 1 is 1.29 bits per heavy atom. The summed E-state index contributed by atoms with van der Waals surface area (Å²) in [6, 6.07) is 11.5. The minimum Gasteiger partial charge on any atom is -0.368 e. The monoisotopic (exact) mass is 297 g/mol. The van der Waals surface area contributed by atoms with Crippen LogP contribution in [-0.4, -0.2) is 18.6 Å². The van der Waals surface area contributed by atoms with Gasteiger partial charge < -0.3 is 10.1 Å². The number of benzene rings is 1. The first-order valence-corrected chi connectivity index (χ1v) is 7.77. The normalized spacial score (nSPS) is 17.0. The van der Waals surface area contributed by atoms with E-state index in [2.05, 4.69) is 17.2 Å². The summed E-state index contributed by atoms with van der Waals surface area (Å²) in [4.78, 5) is 13.0. The van der Waals surface area contributed by atoms with Gasteiger partial charge in [-0.2, -0.15) is 0 Å². The van der Waals surface area contributed by atoms with Gasteiger partial charge in [-0.25, -0.2) is 0 Å². The average Bonchev–Trinajstić information content (AvgIpc) is 3.19. The standard InChI is InChI=1S/C17H15NO2S/c19-17(16-7-2-10-20-16)18-14-5-1-4-13(12-14)8-9-15-6-3-11-21-15/h1,3-6,11-12,16H,2,7,10H2,(H,18,19)/t16-/m0/s1. The van der Waals surface area contributed by atoms with Crippen molar-refractivity contribution in [2.75, 3.05) is 11.9 Å². The molecule has 2 aromatic rings.